The van der Waals surface area contributed by atoms with Gasteiger partial charge in [-0.2, -0.15) is 0 Å². The van der Waals surface area contributed by atoms with Gasteiger partial charge in [-0.05, 0) is 44.9 Å². The van der Waals surface area contributed by atoms with Crippen LogP contribution in [0.5, 0.6) is 5.75 Å². The van der Waals surface area contributed by atoms with E-state index in [1.165, 1.54) is 0 Å². The maximum Gasteiger partial charge on any atom is 0.124 e. The molecule has 0 aliphatic rings. The fourth-order valence-electron chi connectivity index (χ4n) is 1.80. The second-order valence-corrected chi connectivity index (χ2v) is 5.63. The summed E-state index contributed by atoms with van der Waals surface area (Å²) in [5, 5.41) is 0. The summed E-state index contributed by atoms with van der Waals surface area (Å²) in [6.07, 6.45) is 0.846. The molecule has 0 spiro atoms. The molecular formula is C16H27NO3. The van der Waals surface area contributed by atoms with E-state index in [1.54, 1.807) is 14.2 Å². The van der Waals surface area contributed by atoms with Gasteiger partial charge in [0, 0.05) is 25.3 Å². The van der Waals surface area contributed by atoms with Crippen molar-refractivity contribution >= 4 is 0 Å². The van der Waals surface area contributed by atoms with Crippen LogP contribution in [0.25, 0.3) is 0 Å². The van der Waals surface area contributed by atoms with Gasteiger partial charge in [0.1, 0.15) is 5.75 Å². The van der Waals surface area contributed by atoms with Gasteiger partial charge in [0.2, 0.25) is 0 Å². The molecule has 2 N–H and O–H groups in total. The van der Waals surface area contributed by atoms with Gasteiger partial charge in [0.25, 0.3) is 0 Å². The second kappa shape index (κ2) is 7.62. The highest BCUT2D eigenvalue weighted by Crippen LogP contribution is 2.23. The summed E-state index contributed by atoms with van der Waals surface area (Å²) in [5.41, 5.74) is 7.86. The Balaban J connectivity index is 2.60. The average molecular weight is 281 g/mol. The lowest BCUT2D eigenvalue weighted by Crippen LogP contribution is -2.24. The first-order chi connectivity index (χ1) is 9.39. The third-order valence-electron chi connectivity index (χ3n) is 3.49. The zero-order chi connectivity index (χ0) is 15.2. The Morgan fingerprint density at radius 1 is 1.25 bits per heavy atom. The molecule has 4 nitrogen and oxygen atoms in total. The van der Waals surface area contributed by atoms with Crippen molar-refractivity contribution in [2.75, 3.05) is 20.8 Å². The molecule has 0 bridgehead atoms. The van der Waals surface area contributed by atoms with Crippen molar-refractivity contribution in [1.29, 1.82) is 0 Å². The Morgan fingerprint density at radius 3 is 2.50 bits per heavy atom. The Kier molecular flexibility index (Phi) is 6.46. The Bertz CT molecular complexity index is 416. The first-order valence-electron chi connectivity index (χ1n) is 6.95. The molecule has 1 aromatic rings. The summed E-state index contributed by atoms with van der Waals surface area (Å²) < 4.78 is 16.5. The number of methoxy groups -OCH3 is 2. The van der Waals surface area contributed by atoms with E-state index in [-0.39, 0.29) is 11.6 Å². The monoisotopic (exact) mass is 281 g/mol. The molecule has 114 valence electrons. The average Bonchev–Trinajstić information content (AvgIpc) is 2.43. The van der Waals surface area contributed by atoms with Gasteiger partial charge >= 0.3 is 0 Å². The van der Waals surface area contributed by atoms with E-state index in [0.29, 0.717) is 13.2 Å². The van der Waals surface area contributed by atoms with E-state index in [0.717, 1.165) is 23.3 Å². The predicted molar refractivity (Wildman–Crippen MR) is 81.0 cm³/mol. The molecule has 0 aliphatic heterocycles. The third kappa shape index (κ3) is 5.12. The van der Waals surface area contributed by atoms with E-state index >= 15 is 0 Å². The molecule has 0 radical (unpaired) electrons. The summed E-state index contributed by atoms with van der Waals surface area (Å²) in [7, 11) is 3.38. The first kappa shape index (κ1) is 17.0. The summed E-state index contributed by atoms with van der Waals surface area (Å²) in [6, 6.07) is 5.98. The third-order valence-corrected chi connectivity index (χ3v) is 3.49. The van der Waals surface area contributed by atoms with Crippen LogP contribution in [-0.2, 0) is 16.1 Å². The Labute approximate surface area is 122 Å². The maximum absolute atomic E-state index is 5.91. The second-order valence-electron chi connectivity index (χ2n) is 5.63. The summed E-state index contributed by atoms with van der Waals surface area (Å²) >= 11 is 0. The highest BCUT2D eigenvalue weighted by atomic mass is 16.5. The van der Waals surface area contributed by atoms with E-state index < -0.39 is 0 Å². The molecule has 20 heavy (non-hydrogen) atoms. The quantitative estimate of drug-likeness (QED) is 0.744. The standard InChI is InChI=1S/C16H27NO3/c1-12(17)13-6-7-15(18-4)14(10-13)11-20-9-8-16(2,3)19-5/h6-7,10,12H,8-9,11,17H2,1-5H3. The summed E-state index contributed by atoms with van der Waals surface area (Å²) in [4.78, 5) is 0. The van der Waals surface area contributed by atoms with Crippen LogP contribution in [0.3, 0.4) is 0 Å². The molecule has 1 unspecified atom stereocenters. The fourth-order valence-corrected chi connectivity index (χ4v) is 1.80. The highest BCUT2D eigenvalue weighted by molar-refractivity contribution is 5.37. The lowest BCUT2D eigenvalue weighted by molar-refractivity contribution is -0.0126. The van der Waals surface area contributed by atoms with Crippen LogP contribution >= 0.6 is 0 Å². The van der Waals surface area contributed by atoms with Crippen molar-refractivity contribution in [1.82, 2.24) is 0 Å². The van der Waals surface area contributed by atoms with Crippen molar-refractivity contribution in [2.24, 2.45) is 5.73 Å². The number of ether oxygens (including phenoxy) is 3. The normalized spacial score (nSPS) is 13.3. The number of benzene rings is 1. The molecule has 1 atom stereocenters. The van der Waals surface area contributed by atoms with Gasteiger partial charge in [-0.3, -0.25) is 0 Å². The smallest absolute Gasteiger partial charge is 0.124 e. The number of rotatable bonds is 8. The van der Waals surface area contributed by atoms with Crippen molar-refractivity contribution in [3.05, 3.63) is 29.3 Å². The molecule has 0 fully saturated rings. The molecule has 0 aromatic heterocycles. The van der Waals surface area contributed by atoms with Gasteiger partial charge < -0.3 is 19.9 Å². The predicted octanol–water partition coefficient (Wildman–Crippen LogP) is 3.05. The first-order valence-corrected chi connectivity index (χ1v) is 6.95. The molecule has 0 aliphatic carbocycles. The zero-order valence-corrected chi connectivity index (χ0v) is 13.2. The number of nitrogens with two attached hydrogens (primary N) is 1. The molecule has 0 saturated heterocycles. The Hall–Kier alpha value is -1.10. The van der Waals surface area contributed by atoms with Crippen molar-refractivity contribution in [2.45, 2.75) is 45.4 Å². The molecule has 0 saturated carbocycles. The van der Waals surface area contributed by atoms with Crippen LogP contribution in [0.4, 0.5) is 0 Å². The van der Waals surface area contributed by atoms with Gasteiger partial charge in [0.05, 0.1) is 19.3 Å². The lowest BCUT2D eigenvalue weighted by Gasteiger charge is -2.22. The molecular weight excluding hydrogens is 254 g/mol. The van der Waals surface area contributed by atoms with Crippen LogP contribution < -0.4 is 10.5 Å². The van der Waals surface area contributed by atoms with Crippen molar-refractivity contribution in [3.8, 4) is 5.75 Å². The lowest BCUT2D eigenvalue weighted by atomic mass is 10.0. The number of hydrogen-bond acceptors (Lipinski definition) is 4. The summed E-state index contributed by atoms with van der Waals surface area (Å²) in [6.45, 7) is 7.23. The van der Waals surface area contributed by atoms with Crippen LogP contribution in [0, 0.1) is 0 Å². The minimum atomic E-state index is -0.155. The maximum atomic E-state index is 5.91. The topological polar surface area (TPSA) is 53.7 Å². The zero-order valence-electron chi connectivity index (χ0n) is 13.2. The van der Waals surface area contributed by atoms with Gasteiger partial charge in [-0.1, -0.05) is 6.07 Å². The van der Waals surface area contributed by atoms with Gasteiger partial charge in [0.15, 0.2) is 0 Å². The van der Waals surface area contributed by atoms with Gasteiger partial charge in [-0.15, -0.1) is 0 Å². The number of hydrogen-bond donors (Lipinski definition) is 1. The SMILES string of the molecule is COc1ccc(C(C)N)cc1COCCC(C)(C)OC. The molecule has 1 rings (SSSR count). The largest absolute Gasteiger partial charge is 0.496 e. The van der Waals surface area contributed by atoms with Crippen LogP contribution in [0.1, 0.15) is 44.4 Å². The van der Waals surface area contributed by atoms with Crippen LogP contribution in [0.15, 0.2) is 18.2 Å². The minimum Gasteiger partial charge on any atom is -0.496 e. The van der Waals surface area contributed by atoms with E-state index in [2.05, 4.69) is 0 Å². The van der Waals surface area contributed by atoms with Gasteiger partial charge in [-0.25, -0.2) is 0 Å². The van der Waals surface area contributed by atoms with Crippen LogP contribution in [-0.4, -0.2) is 26.4 Å². The summed E-state index contributed by atoms with van der Waals surface area (Å²) in [5.74, 6) is 0.834. The molecule has 0 heterocycles. The molecule has 0 amide bonds. The fraction of sp³-hybridized carbons (Fsp3) is 0.625. The molecule has 1 aromatic carbocycles. The Morgan fingerprint density at radius 2 is 1.95 bits per heavy atom. The highest BCUT2D eigenvalue weighted by Gasteiger charge is 2.16. The van der Waals surface area contributed by atoms with Crippen molar-refractivity contribution < 1.29 is 14.2 Å². The van der Waals surface area contributed by atoms with E-state index in [1.807, 2.05) is 39.0 Å². The van der Waals surface area contributed by atoms with Crippen molar-refractivity contribution in [3.63, 3.8) is 0 Å². The van der Waals surface area contributed by atoms with E-state index in [4.69, 9.17) is 19.9 Å². The minimum absolute atomic E-state index is 0.00656. The molecule has 4 heteroatoms. The van der Waals surface area contributed by atoms with E-state index in [9.17, 15) is 0 Å². The van der Waals surface area contributed by atoms with Crippen LogP contribution in [0.2, 0.25) is 0 Å².